The number of pyridine rings is 1. The van der Waals surface area contributed by atoms with Crippen molar-refractivity contribution < 1.29 is 14.6 Å². The fourth-order valence-corrected chi connectivity index (χ4v) is 5.38. The molecule has 0 saturated carbocycles. The van der Waals surface area contributed by atoms with Crippen LogP contribution in [0.3, 0.4) is 0 Å². The van der Waals surface area contributed by atoms with E-state index in [1.807, 2.05) is 48.5 Å². The van der Waals surface area contributed by atoms with E-state index in [1.54, 1.807) is 4.57 Å². The Morgan fingerprint density at radius 1 is 1.11 bits per heavy atom. The van der Waals surface area contributed by atoms with Crippen molar-refractivity contribution in [2.45, 2.75) is 32.3 Å². The number of hydrogen-bond donors (Lipinski definition) is 2. The van der Waals surface area contributed by atoms with Crippen LogP contribution in [-0.4, -0.2) is 56.2 Å². The number of carbonyl (C=O) groups is 1. The summed E-state index contributed by atoms with van der Waals surface area (Å²) in [6.45, 7) is 5.40. The van der Waals surface area contributed by atoms with Gasteiger partial charge in [0.25, 0.3) is 0 Å². The molecule has 38 heavy (non-hydrogen) atoms. The van der Waals surface area contributed by atoms with E-state index < -0.39 is 11.4 Å². The van der Waals surface area contributed by atoms with Gasteiger partial charge in [0.15, 0.2) is 5.65 Å². The second kappa shape index (κ2) is 9.90. The Morgan fingerprint density at radius 3 is 2.47 bits per heavy atom. The van der Waals surface area contributed by atoms with Crippen LogP contribution in [0.4, 0.5) is 11.6 Å². The van der Waals surface area contributed by atoms with Gasteiger partial charge < -0.3 is 19.7 Å². The summed E-state index contributed by atoms with van der Waals surface area (Å²) in [6.07, 6.45) is 6.22. The molecule has 1 unspecified atom stereocenters. The van der Waals surface area contributed by atoms with E-state index in [9.17, 15) is 14.7 Å². The van der Waals surface area contributed by atoms with Crippen molar-refractivity contribution in [3.8, 4) is 11.4 Å². The molecule has 7 rings (SSSR count). The highest BCUT2D eigenvalue weighted by Gasteiger charge is 2.35. The van der Waals surface area contributed by atoms with Gasteiger partial charge in [-0.3, -0.25) is 9.69 Å². The van der Waals surface area contributed by atoms with E-state index in [2.05, 4.69) is 27.1 Å². The molecule has 4 aromatic rings. The first-order valence-electron chi connectivity index (χ1n) is 13.0. The van der Waals surface area contributed by atoms with Crippen LogP contribution in [0.1, 0.15) is 35.7 Å². The van der Waals surface area contributed by atoms with E-state index in [-0.39, 0.29) is 17.1 Å². The number of nitrogens with zero attached hydrogens (tertiary/aromatic N) is 4. The molecule has 3 aliphatic heterocycles. The fraction of sp³-hybridized carbons (Fsp3) is 0.310. The van der Waals surface area contributed by atoms with E-state index in [0.29, 0.717) is 23.2 Å². The van der Waals surface area contributed by atoms with Gasteiger partial charge in [-0.25, -0.2) is 9.78 Å². The van der Waals surface area contributed by atoms with Gasteiger partial charge in [-0.15, -0.1) is 0 Å². The number of carboxylic acids is 1. The molecule has 0 amide bonds. The summed E-state index contributed by atoms with van der Waals surface area (Å²) in [4.78, 5) is 36.0. The van der Waals surface area contributed by atoms with Gasteiger partial charge in [-0.05, 0) is 80.2 Å². The lowest BCUT2D eigenvalue weighted by Gasteiger charge is -2.44. The van der Waals surface area contributed by atoms with Crippen LogP contribution in [0, 0.1) is 5.92 Å². The van der Waals surface area contributed by atoms with Crippen molar-refractivity contribution in [1.29, 1.82) is 0 Å². The third-order valence-electron chi connectivity index (χ3n) is 7.59. The van der Waals surface area contributed by atoms with Crippen molar-refractivity contribution in [2.24, 2.45) is 5.92 Å². The summed E-state index contributed by atoms with van der Waals surface area (Å²) >= 11 is 0. The lowest BCUT2D eigenvalue weighted by Crippen LogP contribution is -2.52. The first-order valence-corrected chi connectivity index (χ1v) is 13.0. The van der Waals surface area contributed by atoms with E-state index in [1.165, 1.54) is 38.3 Å². The number of aryl methyl sites for hydroxylation is 1. The zero-order valence-electron chi connectivity index (χ0n) is 21.1. The zero-order chi connectivity index (χ0) is 26.2. The molecule has 3 fully saturated rings. The monoisotopic (exact) mass is 511 g/mol. The number of rotatable bonds is 7. The number of aromatic carboxylic acids is 1. The molecule has 0 radical (unpaired) electrons. The molecule has 5 heterocycles. The van der Waals surface area contributed by atoms with Crippen LogP contribution in [0.2, 0.25) is 0 Å². The number of piperidine rings is 3. The third-order valence-corrected chi connectivity index (χ3v) is 7.59. The van der Waals surface area contributed by atoms with Crippen molar-refractivity contribution in [3.63, 3.8) is 0 Å². The Bertz CT molecular complexity index is 1540. The topological polar surface area (TPSA) is 110 Å². The van der Waals surface area contributed by atoms with Crippen LogP contribution in [-0.2, 0) is 6.42 Å². The molecule has 9 heteroatoms. The molecule has 1 atom stereocenters. The summed E-state index contributed by atoms with van der Waals surface area (Å²) in [7, 11) is 0. The summed E-state index contributed by atoms with van der Waals surface area (Å²) in [6, 6.07) is 15.4. The molecule has 0 aliphatic carbocycles. The van der Waals surface area contributed by atoms with Crippen LogP contribution in [0.15, 0.2) is 65.7 Å². The summed E-state index contributed by atoms with van der Waals surface area (Å²) in [5.41, 5.74) is 2.00. The van der Waals surface area contributed by atoms with Crippen molar-refractivity contribution >= 4 is 28.6 Å². The number of hydrogen-bond acceptors (Lipinski definition) is 7. The Balaban J connectivity index is 1.29. The number of nitrogens with one attached hydrogen (secondary N) is 1. The lowest BCUT2D eigenvalue weighted by atomic mass is 9.86. The quantitative estimate of drug-likeness (QED) is 0.379. The minimum atomic E-state index is -1.29. The number of fused-ring (bicyclic) bond motifs is 4. The normalized spacial score (nSPS) is 20.4. The molecule has 3 aliphatic rings. The highest BCUT2D eigenvalue weighted by atomic mass is 16.5. The SMILES string of the molecule is CCc1ccc(-n2cc(C(=O)O)c(=O)c3cnc(Nc4ccc(OC5CN6CCC5CC6)cc4)nc32)cc1. The van der Waals surface area contributed by atoms with Gasteiger partial charge in [-0.2, -0.15) is 4.98 Å². The smallest absolute Gasteiger partial charge is 0.341 e. The predicted octanol–water partition coefficient (Wildman–Crippen LogP) is 4.26. The molecular weight excluding hydrogens is 482 g/mol. The van der Waals surface area contributed by atoms with Gasteiger partial charge in [0.1, 0.15) is 17.4 Å². The van der Waals surface area contributed by atoms with Gasteiger partial charge in [-0.1, -0.05) is 19.1 Å². The standard InChI is InChI=1S/C29H29N5O4/c1-2-18-3-7-21(8-4-18)34-16-24(28(36)37)26(35)23-15-30-29(32-27(23)34)31-20-5-9-22(10-6-20)38-25-17-33-13-11-19(25)12-14-33/h3-10,15-16,19,25H,2,11-14,17H2,1H3,(H,36,37)(H,30,31,32). The predicted molar refractivity (Wildman–Crippen MR) is 145 cm³/mol. The van der Waals surface area contributed by atoms with Crippen molar-refractivity contribution in [1.82, 2.24) is 19.4 Å². The third kappa shape index (κ3) is 4.61. The summed E-state index contributed by atoms with van der Waals surface area (Å²) in [5, 5.41) is 12.9. The van der Waals surface area contributed by atoms with Gasteiger partial charge >= 0.3 is 5.97 Å². The first-order chi connectivity index (χ1) is 18.5. The van der Waals surface area contributed by atoms with Gasteiger partial charge in [0.05, 0.1) is 5.39 Å². The fourth-order valence-electron chi connectivity index (χ4n) is 5.38. The van der Waals surface area contributed by atoms with Gasteiger partial charge in [0, 0.05) is 30.3 Å². The molecule has 2 bridgehead atoms. The number of ether oxygens (including phenoxy) is 1. The molecule has 2 aromatic heterocycles. The summed E-state index contributed by atoms with van der Waals surface area (Å²) in [5.74, 6) is 0.462. The number of anilines is 2. The van der Waals surface area contributed by atoms with Gasteiger partial charge in [0.2, 0.25) is 11.4 Å². The minimum absolute atomic E-state index is 0.135. The highest BCUT2D eigenvalue weighted by molar-refractivity contribution is 5.92. The Morgan fingerprint density at radius 2 is 1.84 bits per heavy atom. The Kier molecular flexibility index (Phi) is 6.29. The number of carboxylic acid groups (broad SMARTS) is 1. The van der Waals surface area contributed by atoms with E-state index in [0.717, 1.165) is 30.0 Å². The number of aromatic nitrogens is 3. The molecule has 2 N–H and O–H groups in total. The average Bonchev–Trinajstić information content (AvgIpc) is 2.95. The second-order valence-electron chi connectivity index (χ2n) is 9.94. The lowest BCUT2D eigenvalue weighted by molar-refractivity contribution is -0.00775. The molecule has 194 valence electrons. The Hall–Kier alpha value is -4.24. The van der Waals surface area contributed by atoms with Crippen LogP contribution in [0.25, 0.3) is 16.7 Å². The maximum atomic E-state index is 12.9. The Labute approximate surface area is 219 Å². The highest BCUT2D eigenvalue weighted by Crippen LogP contribution is 2.31. The first kappa shape index (κ1) is 24.1. The average molecular weight is 512 g/mol. The molecular formula is C29H29N5O4. The van der Waals surface area contributed by atoms with Crippen LogP contribution < -0.4 is 15.5 Å². The maximum absolute atomic E-state index is 12.9. The van der Waals surface area contributed by atoms with E-state index >= 15 is 0 Å². The van der Waals surface area contributed by atoms with Crippen molar-refractivity contribution in [2.75, 3.05) is 25.0 Å². The van der Waals surface area contributed by atoms with E-state index in [4.69, 9.17) is 4.74 Å². The van der Waals surface area contributed by atoms with Crippen LogP contribution in [0.5, 0.6) is 5.75 Å². The largest absolute Gasteiger partial charge is 0.489 e. The number of benzene rings is 2. The molecule has 2 aromatic carbocycles. The minimum Gasteiger partial charge on any atom is -0.489 e. The molecule has 3 saturated heterocycles. The second-order valence-corrected chi connectivity index (χ2v) is 9.94. The van der Waals surface area contributed by atoms with Crippen molar-refractivity contribution in [3.05, 3.63) is 82.3 Å². The summed E-state index contributed by atoms with van der Waals surface area (Å²) < 4.78 is 7.91. The zero-order valence-corrected chi connectivity index (χ0v) is 21.1. The van der Waals surface area contributed by atoms with Crippen LogP contribution >= 0.6 is 0 Å². The molecule has 0 spiro atoms. The maximum Gasteiger partial charge on any atom is 0.341 e. The molecule has 9 nitrogen and oxygen atoms in total.